The lowest BCUT2D eigenvalue weighted by Gasteiger charge is -2.36. The Morgan fingerprint density at radius 3 is 2.58 bits per heavy atom. The molecule has 2 fully saturated rings. The standard InChI is InChI=1S/C15H21NO3/c1-2-12-3-4-14(17)16(11-12)13-5-7-15(8-6-13)18-9-10-19-15/h3-4,11,13H,2,5-10H2,1H3. The van der Waals surface area contributed by atoms with Crippen LogP contribution in [0.5, 0.6) is 0 Å². The van der Waals surface area contributed by atoms with Gasteiger partial charge in [-0.2, -0.15) is 0 Å². The molecule has 4 nitrogen and oxygen atoms in total. The molecule has 0 amide bonds. The number of ether oxygens (including phenoxy) is 2. The van der Waals surface area contributed by atoms with E-state index in [1.165, 1.54) is 5.56 Å². The van der Waals surface area contributed by atoms with E-state index >= 15 is 0 Å². The second-order valence-electron chi connectivity index (χ2n) is 5.48. The Labute approximate surface area is 113 Å². The molecule has 0 aromatic carbocycles. The van der Waals surface area contributed by atoms with Crippen LogP contribution in [0.25, 0.3) is 0 Å². The van der Waals surface area contributed by atoms with Crippen LogP contribution in [0.4, 0.5) is 0 Å². The quantitative estimate of drug-likeness (QED) is 0.822. The smallest absolute Gasteiger partial charge is 0.250 e. The summed E-state index contributed by atoms with van der Waals surface area (Å²) in [4.78, 5) is 12.0. The molecule has 4 heteroatoms. The van der Waals surface area contributed by atoms with Gasteiger partial charge in [-0.15, -0.1) is 0 Å². The van der Waals surface area contributed by atoms with Crippen LogP contribution >= 0.6 is 0 Å². The molecule has 0 bridgehead atoms. The maximum atomic E-state index is 12.0. The third-order valence-corrected chi connectivity index (χ3v) is 4.33. The predicted molar refractivity (Wildman–Crippen MR) is 72.2 cm³/mol. The lowest BCUT2D eigenvalue weighted by molar-refractivity contribution is -0.181. The van der Waals surface area contributed by atoms with E-state index in [0.29, 0.717) is 13.2 Å². The molecule has 0 atom stereocenters. The van der Waals surface area contributed by atoms with Crippen molar-refractivity contribution in [3.8, 4) is 0 Å². The van der Waals surface area contributed by atoms with Crippen LogP contribution < -0.4 is 5.56 Å². The molecule has 1 aliphatic carbocycles. The zero-order valence-electron chi connectivity index (χ0n) is 11.4. The van der Waals surface area contributed by atoms with Crippen LogP contribution in [0.2, 0.25) is 0 Å². The van der Waals surface area contributed by atoms with Gasteiger partial charge in [0, 0.05) is 31.1 Å². The maximum Gasteiger partial charge on any atom is 0.250 e. The van der Waals surface area contributed by atoms with Gasteiger partial charge < -0.3 is 14.0 Å². The third kappa shape index (κ3) is 2.47. The minimum Gasteiger partial charge on any atom is -0.348 e. The van der Waals surface area contributed by atoms with Gasteiger partial charge in [0.05, 0.1) is 13.2 Å². The first-order valence-electron chi connectivity index (χ1n) is 7.21. The minimum atomic E-state index is -0.345. The molecule has 3 rings (SSSR count). The van der Waals surface area contributed by atoms with Gasteiger partial charge in [-0.3, -0.25) is 4.79 Å². The van der Waals surface area contributed by atoms with Crippen molar-refractivity contribution in [1.82, 2.24) is 4.57 Å². The topological polar surface area (TPSA) is 40.5 Å². The van der Waals surface area contributed by atoms with E-state index in [1.807, 2.05) is 16.8 Å². The van der Waals surface area contributed by atoms with E-state index in [2.05, 4.69) is 6.92 Å². The van der Waals surface area contributed by atoms with Crippen molar-refractivity contribution in [3.05, 3.63) is 34.2 Å². The highest BCUT2D eigenvalue weighted by Gasteiger charge is 2.40. The molecule has 1 aromatic heterocycles. The number of aromatic nitrogens is 1. The number of rotatable bonds is 2. The summed E-state index contributed by atoms with van der Waals surface area (Å²) in [6, 6.07) is 3.90. The van der Waals surface area contributed by atoms with Crippen LogP contribution in [0.15, 0.2) is 23.1 Å². The summed E-state index contributed by atoms with van der Waals surface area (Å²) in [5, 5.41) is 0. The van der Waals surface area contributed by atoms with Gasteiger partial charge in [0.1, 0.15) is 0 Å². The largest absolute Gasteiger partial charge is 0.348 e. The summed E-state index contributed by atoms with van der Waals surface area (Å²) in [5.41, 5.74) is 1.32. The molecule has 0 radical (unpaired) electrons. The second kappa shape index (κ2) is 5.10. The van der Waals surface area contributed by atoms with E-state index in [1.54, 1.807) is 6.07 Å². The molecular formula is C15H21NO3. The fraction of sp³-hybridized carbons (Fsp3) is 0.667. The van der Waals surface area contributed by atoms with Gasteiger partial charge in [0.2, 0.25) is 0 Å². The van der Waals surface area contributed by atoms with E-state index < -0.39 is 0 Å². The van der Waals surface area contributed by atoms with Crippen LogP contribution in [0, 0.1) is 0 Å². The van der Waals surface area contributed by atoms with E-state index in [9.17, 15) is 4.79 Å². The Morgan fingerprint density at radius 2 is 1.95 bits per heavy atom. The van der Waals surface area contributed by atoms with Crippen molar-refractivity contribution in [1.29, 1.82) is 0 Å². The fourth-order valence-electron chi connectivity index (χ4n) is 3.15. The zero-order chi connectivity index (χ0) is 13.3. The van der Waals surface area contributed by atoms with Gasteiger partial charge >= 0.3 is 0 Å². The Morgan fingerprint density at radius 1 is 1.26 bits per heavy atom. The monoisotopic (exact) mass is 263 g/mol. The lowest BCUT2D eigenvalue weighted by Crippen LogP contribution is -2.37. The summed E-state index contributed by atoms with van der Waals surface area (Å²) < 4.78 is 13.4. The van der Waals surface area contributed by atoms with Crippen LogP contribution in [0.3, 0.4) is 0 Å². The lowest BCUT2D eigenvalue weighted by atomic mass is 9.89. The minimum absolute atomic E-state index is 0.103. The van der Waals surface area contributed by atoms with Crippen molar-refractivity contribution in [2.75, 3.05) is 13.2 Å². The molecule has 2 aliphatic rings. The molecule has 0 unspecified atom stereocenters. The highest BCUT2D eigenvalue weighted by Crippen LogP contribution is 2.39. The van der Waals surface area contributed by atoms with Gasteiger partial charge in [0.25, 0.3) is 5.56 Å². The van der Waals surface area contributed by atoms with Gasteiger partial charge in [0.15, 0.2) is 5.79 Å². The average Bonchev–Trinajstić information content (AvgIpc) is 2.89. The van der Waals surface area contributed by atoms with Crippen LogP contribution in [-0.2, 0) is 15.9 Å². The molecule has 1 saturated carbocycles. The Kier molecular flexibility index (Phi) is 3.46. The van der Waals surface area contributed by atoms with Crippen LogP contribution in [0.1, 0.15) is 44.2 Å². The van der Waals surface area contributed by atoms with Crippen molar-refractivity contribution in [2.45, 2.75) is 50.9 Å². The zero-order valence-corrected chi connectivity index (χ0v) is 11.4. The van der Waals surface area contributed by atoms with Crippen molar-refractivity contribution in [2.24, 2.45) is 0 Å². The molecule has 1 saturated heterocycles. The molecule has 19 heavy (non-hydrogen) atoms. The van der Waals surface area contributed by atoms with E-state index in [0.717, 1.165) is 32.1 Å². The Balaban J connectivity index is 1.76. The number of nitrogens with zero attached hydrogens (tertiary/aromatic N) is 1. The van der Waals surface area contributed by atoms with Gasteiger partial charge in [-0.1, -0.05) is 13.0 Å². The van der Waals surface area contributed by atoms with Crippen molar-refractivity contribution < 1.29 is 9.47 Å². The van der Waals surface area contributed by atoms with E-state index in [-0.39, 0.29) is 17.4 Å². The first kappa shape index (κ1) is 12.9. The summed E-state index contributed by atoms with van der Waals surface area (Å²) in [6.07, 6.45) is 6.66. The number of pyridine rings is 1. The highest BCUT2D eigenvalue weighted by molar-refractivity contribution is 5.10. The maximum absolute atomic E-state index is 12.0. The molecule has 2 heterocycles. The molecule has 0 N–H and O–H groups in total. The normalized spacial score (nSPS) is 23.0. The SMILES string of the molecule is CCc1ccc(=O)n(C2CCC3(CC2)OCCO3)c1. The summed E-state index contributed by atoms with van der Waals surface area (Å²) in [5.74, 6) is -0.345. The van der Waals surface area contributed by atoms with Crippen molar-refractivity contribution >= 4 is 0 Å². The molecule has 1 spiro atoms. The number of hydrogen-bond acceptors (Lipinski definition) is 3. The van der Waals surface area contributed by atoms with Gasteiger partial charge in [-0.05, 0) is 24.8 Å². The Bertz CT molecular complexity index is 492. The summed E-state index contributed by atoms with van der Waals surface area (Å²) in [6.45, 7) is 3.52. The number of hydrogen-bond donors (Lipinski definition) is 0. The second-order valence-corrected chi connectivity index (χ2v) is 5.48. The fourth-order valence-corrected chi connectivity index (χ4v) is 3.15. The molecule has 1 aromatic rings. The van der Waals surface area contributed by atoms with Crippen LogP contribution in [-0.4, -0.2) is 23.6 Å². The molecule has 1 aliphatic heterocycles. The van der Waals surface area contributed by atoms with E-state index in [4.69, 9.17) is 9.47 Å². The molecule has 104 valence electrons. The summed E-state index contributed by atoms with van der Waals surface area (Å²) >= 11 is 0. The van der Waals surface area contributed by atoms with Gasteiger partial charge in [-0.25, -0.2) is 0 Å². The van der Waals surface area contributed by atoms with Crippen molar-refractivity contribution in [3.63, 3.8) is 0 Å². The summed E-state index contributed by atoms with van der Waals surface area (Å²) in [7, 11) is 0. The third-order valence-electron chi connectivity index (χ3n) is 4.33. The first-order valence-corrected chi connectivity index (χ1v) is 7.21. The number of aryl methyl sites for hydroxylation is 1. The average molecular weight is 263 g/mol. The highest BCUT2D eigenvalue weighted by atomic mass is 16.7. The Hall–Kier alpha value is -1.13. The molecular weight excluding hydrogens is 242 g/mol. The predicted octanol–water partition coefficient (Wildman–Crippen LogP) is 2.27. The first-order chi connectivity index (χ1) is 9.22.